The van der Waals surface area contributed by atoms with Crippen LogP contribution in [0.2, 0.25) is 0 Å². The van der Waals surface area contributed by atoms with Crippen molar-refractivity contribution in [2.24, 2.45) is 47.3 Å². The third kappa shape index (κ3) is 25.3. The van der Waals surface area contributed by atoms with Gasteiger partial charge in [-0.3, -0.25) is 4.79 Å². The van der Waals surface area contributed by atoms with Gasteiger partial charge in [0.2, 0.25) is 0 Å². The summed E-state index contributed by atoms with van der Waals surface area (Å²) in [5, 5.41) is 20.0. The zero-order valence-electron chi connectivity index (χ0n) is 30.8. The van der Waals surface area contributed by atoms with Gasteiger partial charge in [-0.15, -0.1) is 0 Å². The first-order valence-corrected chi connectivity index (χ1v) is 19.3. The molecule has 258 valence electrons. The van der Waals surface area contributed by atoms with E-state index in [1.807, 2.05) is 6.92 Å². The molecule has 0 spiro atoms. The molecule has 0 aliphatic rings. The fourth-order valence-corrected chi connectivity index (χ4v) is 8.16. The Labute approximate surface area is 271 Å². The first-order valence-electron chi connectivity index (χ1n) is 19.3. The van der Waals surface area contributed by atoms with Gasteiger partial charge in [-0.2, -0.15) is 0 Å². The highest BCUT2D eigenvalue weighted by atomic mass is 16.4. The highest BCUT2D eigenvalue weighted by Crippen LogP contribution is 2.31. The van der Waals surface area contributed by atoms with Gasteiger partial charge in [-0.05, 0) is 92.8 Å². The maximum absolute atomic E-state index is 11.2. The van der Waals surface area contributed by atoms with E-state index in [1.54, 1.807) is 0 Å². The van der Waals surface area contributed by atoms with Gasteiger partial charge >= 0.3 is 5.97 Å². The largest absolute Gasteiger partial charge is 0.481 e. The molecule has 0 rings (SSSR count). The standard InChI is InChI=1S/C40H80O3/c1-10-11-12-13-14-15-16-17-18-19-20-21-22-23-39(41)37(8)29-35(6)27-33(4)25-31(2)24-32(3)26-34(5)28-36(7)30-38(9)40(42)43/h31-39,41H,10-30H2,1-9H3,(H,42,43). The molecule has 3 nitrogen and oxygen atoms in total. The minimum absolute atomic E-state index is 0.137. The summed E-state index contributed by atoms with van der Waals surface area (Å²) >= 11 is 0. The first-order chi connectivity index (χ1) is 20.3. The van der Waals surface area contributed by atoms with Gasteiger partial charge in [0.15, 0.2) is 0 Å². The lowest BCUT2D eigenvalue weighted by Crippen LogP contribution is -2.21. The molecule has 3 heteroatoms. The number of hydrogen-bond acceptors (Lipinski definition) is 2. The Morgan fingerprint density at radius 3 is 1.12 bits per heavy atom. The summed E-state index contributed by atoms with van der Waals surface area (Å²) in [5.74, 6) is 3.50. The van der Waals surface area contributed by atoms with Crippen LogP contribution in [-0.2, 0) is 4.79 Å². The van der Waals surface area contributed by atoms with E-state index in [2.05, 4.69) is 55.4 Å². The summed E-state index contributed by atoms with van der Waals surface area (Å²) in [7, 11) is 0. The molecule has 9 atom stereocenters. The van der Waals surface area contributed by atoms with Crippen LogP contribution in [0.5, 0.6) is 0 Å². The van der Waals surface area contributed by atoms with Gasteiger partial charge in [0.25, 0.3) is 0 Å². The lowest BCUT2D eigenvalue weighted by atomic mass is 9.80. The van der Waals surface area contributed by atoms with E-state index in [0.29, 0.717) is 23.7 Å². The molecule has 0 amide bonds. The molecule has 9 unspecified atom stereocenters. The number of carboxylic acid groups (broad SMARTS) is 1. The Kier molecular flexibility index (Phi) is 26.3. The minimum atomic E-state index is -0.666. The van der Waals surface area contributed by atoms with Crippen molar-refractivity contribution >= 4 is 5.97 Å². The summed E-state index contributed by atoms with van der Waals surface area (Å²) in [6, 6.07) is 0. The molecule has 0 heterocycles. The Morgan fingerprint density at radius 1 is 0.465 bits per heavy atom. The van der Waals surface area contributed by atoms with Crippen LogP contribution in [0.4, 0.5) is 0 Å². The second-order valence-electron chi connectivity index (χ2n) is 16.1. The number of rotatable bonds is 30. The molecular formula is C40H80O3. The van der Waals surface area contributed by atoms with E-state index < -0.39 is 5.97 Å². The van der Waals surface area contributed by atoms with Gasteiger partial charge in [-0.25, -0.2) is 0 Å². The van der Waals surface area contributed by atoms with Crippen LogP contribution in [0.15, 0.2) is 0 Å². The average molecular weight is 609 g/mol. The fraction of sp³-hybridized carbons (Fsp3) is 0.975. The molecule has 2 N–H and O–H groups in total. The molecule has 0 aromatic carbocycles. The lowest BCUT2D eigenvalue weighted by molar-refractivity contribution is -0.141. The Bertz CT molecular complexity index is 633. The topological polar surface area (TPSA) is 57.5 Å². The molecule has 0 bridgehead atoms. The molecule has 0 aromatic heterocycles. The smallest absolute Gasteiger partial charge is 0.306 e. The predicted octanol–water partition coefficient (Wildman–Crippen LogP) is 12.7. The summed E-state index contributed by atoms with van der Waals surface area (Å²) in [6.45, 7) is 20.6. The number of unbranched alkanes of at least 4 members (excludes halogenated alkanes) is 12. The van der Waals surface area contributed by atoms with Crippen molar-refractivity contribution < 1.29 is 15.0 Å². The quantitative estimate of drug-likeness (QED) is 0.0797. The Balaban J connectivity index is 3.99. The average Bonchev–Trinajstić information content (AvgIpc) is 2.90. The number of aliphatic carboxylic acids is 1. The van der Waals surface area contributed by atoms with Crippen molar-refractivity contribution in [1.29, 1.82) is 0 Å². The van der Waals surface area contributed by atoms with E-state index in [1.165, 1.54) is 109 Å². The normalized spacial score (nSPS) is 18.4. The Hall–Kier alpha value is -0.570. The van der Waals surface area contributed by atoms with Gasteiger partial charge < -0.3 is 10.2 Å². The monoisotopic (exact) mass is 609 g/mol. The minimum Gasteiger partial charge on any atom is -0.481 e. The van der Waals surface area contributed by atoms with Crippen molar-refractivity contribution in [2.75, 3.05) is 0 Å². The molecule has 0 fully saturated rings. The zero-order valence-corrected chi connectivity index (χ0v) is 30.8. The summed E-state index contributed by atoms with van der Waals surface area (Å²) < 4.78 is 0. The number of carboxylic acids is 1. The fourth-order valence-electron chi connectivity index (χ4n) is 8.16. The van der Waals surface area contributed by atoms with Crippen molar-refractivity contribution in [3.8, 4) is 0 Å². The van der Waals surface area contributed by atoms with Crippen molar-refractivity contribution in [3.05, 3.63) is 0 Å². The van der Waals surface area contributed by atoms with Crippen LogP contribution in [0, 0.1) is 47.3 Å². The summed E-state index contributed by atoms with van der Waals surface area (Å²) in [4.78, 5) is 11.2. The van der Waals surface area contributed by atoms with E-state index in [0.717, 1.165) is 43.4 Å². The van der Waals surface area contributed by atoms with Crippen LogP contribution < -0.4 is 0 Å². The van der Waals surface area contributed by atoms with E-state index >= 15 is 0 Å². The second kappa shape index (κ2) is 26.6. The van der Waals surface area contributed by atoms with Crippen molar-refractivity contribution in [1.82, 2.24) is 0 Å². The van der Waals surface area contributed by atoms with Crippen LogP contribution >= 0.6 is 0 Å². The number of carbonyl (C=O) groups is 1. The van der Waals surface area contributed by atoms with Gasteiger partial charge in [0, 0.05) is 0 Å². The van der Waals surface area contributed by atoms with Gasteiger partial charge in [0.1, 0.15) is 0 Å². The number of aliphatic hydroxyl groups excluding tert-OH is 1. The van der Waals surface area contributed by atoms with Crippen LogP contribution in [0.3, 0.4) is 0 Å². The van der Waals surface area contributed by atoms with E-state index in [-0.39, 0.29) is 12.0 Å². The molecule has 0 aromatic rings. The molecule has 0 aliphatic heterocycles. The molecule has 0 aliphatic carbocycles. The number of hydrogen-bond donors (Lipinski definition) is 2. The van der Waals surface area contributed by atoms with Gasteiger partial charge in [-0.1, -0.05) is 146 Å². The molecule has 0 saturated heterocycles. The van der Waals surface area contributed by atoms with Crippen LogP contribution in [-0.4, -0.2) is 22.3 Å². The maximum Gasteiger partial charge on any atom is 0.306 e. The molecular weight excluding hydrogens is 528 g/mol. The SMILES string of the molecule is CCCCCCCCCCCCCCCC(O)C(C)CC(C)CC(C)CC(C)CC(C)CC(C)CC(C)CC(C)C(=O)O. The lowest BCUT2D eigenvalue weighted by Gasteiger charge is -2.27. The molecule has 43 heavy (non-hydrogen) atoms. The highest BCUT2D eigenvalue weighted by molar-refractivity contribution is 5.69. The van der Waals surface area contributed by atoms with E-state index in [4.69, 9.17) is 0 Å². The van der Waals surface area contributed by atoms with E-state index in [9.17, 15) is 15.0 Å². The Morgan fingerprint density at radius 2 is 0.767 bits per heavy atom. The molecule has 0 saturated carbocycles. The first kappa shape index (κ1) is 42.4. The highest BCUT2D eigenvalue weighted by Gasteiger charge is 2.21. The van der Waals surface area contributed by atoms with Gasteiger partial charge in [0.05, 0.1) is 12.0 Å². The zero-order chi connectivity index (χ0) is 32.6. The molecule has 0 radical (unpaired) electrons. The third-order valence-electron chi connectivity index (χ3n) is 10.2. The van der Waals surface area contributed by atoms with Crippen molar-refractivity contribution in [2.45, 2.75) is 203 Å². The number of aliphatic hydroxyl groups is 1. The van der Waals surface area contributed by atoms with Crippen molar-refractivity contribution in [3.63, 3.8) is 0 Å². The second-order valence-corrected chi connectivity index (χ2v) is 16.1. The summed E-state index contributed by atoms with van der Waals surface area (Å²) in [6.07, 6.45) is 26.9. The predicted molar refractivity (Wildman–Crippen MR) is 190 cm³/mol. The third-order valence-corrected chi connectivity index (χ3v) is 10.2. The maximum atomic E-state index is 11.2. The van der Waals surface area contributed by atoms with Crippen LogP contribution in [0.25, 0.3) is 0 Å². The van der Waals surface area contributed by atoms with Crippen LogP contribution in [0.1, 0.15) is 197 Å². The summed E-state index contributed by atoms with van der Waals surface area (Å²) in [5.41, 5.74) is 0.